The molecule has 0 aliphatic carbocycles. The number of thiophene rings is 1. The van der Waals surface area contributed by atoms with Crippen LogP contribution < -0.4 is 0 Å². The summed E-state index contributed by atoms with van der Waals surface area (Å²) in [7, 11) is 0. The van der Waals surface area contributed by atoms with Crippen molar-refractivity contribution < 1.29 is 0 Å². The Morgan fingerprint density at radius 3 is 1.53 bits per heavy atom. The molecule has 0 atom stereocenters. The van der Waals surface area contributed by atoms with Gasteiger partial charge in [0.1, 0.15) is 0 Å². The van der Waals surface area contributed by atoms with Crippen LogP contribution in [0.4, 0.5) is 0 Å². The Hall–Kier alpha value is -6.82. The van der Waals surface area contributed by atoms with Crippen LogP contribution in [0.5, 0.6) is 0 Å². The second-order valence-electron chi connectivity index (χ2n) is 13.4. The SMILES string of the molecule is c1ccc(-c2nc(-n3c4ccccc4c4cc(-c5ccc(-c6ccc7c(c6)c6ccccc6n7-c6ccccc6)s5)ccc43)nc3ccccc23)cc1. The summed E-state index contributed by atoms with van der Waals surface area (Å²) in [5.41, 5.74) is 11.1. The average Bonchev–Trinajstić information content (AvgIpc) is 3.94. The summed E-state index contributed by atoms with van der Waals surface area (Å²) in [6.07, 6.45) is 0. The molecule has 4 heterocycles. The predicted molar refractivity (Wildman–Crippen MR) is 222 cm³/mol. The van der Waals surface area contributed by atoms with Crippen LogP contribution in [0.15, 0.2) is 182 Å². The molecular weight excluding hydrogens is 665 g/mol. The second kappa shape index (κ2) is 11.9. The fourth-order valence-corrected chi connectivity index (χ4v) is 8.95. The van der Waals surface area contributed by atoms with E-state index in [2.05, 4.69) is 179 Å². The van der Waals surface area contributed by atoms with Crippen molar-refractivity contribution in [1.29, 1.82) is 0 Å². The molecule has 0 bridgehead atoms. The van der Waals surface area contributed by atoms with Crippen LogP contribution >= 0.6 is 11.3 Å². The summed E-state index contributed by atoms with van der Waals surface area (Å²) in [5, 5.41) is 5.93. The van der Waals surface area contributed by atoms with Gasteiger partial charge in [-0.25, -0.2) is 9.97 Å². The van der Waals surface area contributed by atoms with Gasteiger partial charge >= 0.3 is 0 Å². The Labute approximate surface area is 309 Å². The molecule has 7 aromatic carbocycles. The zero-order valence-corrected chi connectivity index (χ0v) is 29.3. The van der Waals surface area contributed by atoms with E-state index in [-0.39, 0.29) is 0 Å². The topological polar surface area (TPSA) is 35.6 Å². The highest BCUT2D eigenvalue weighted by Gasteiger charge is 2.19. The highest BCUT2D eigenvalue weighted by atomic mass is 32.1. The van der Waals surface area contributed by atoms with Crippen LogP contribution in [0.1, 0.15) is 0 Å². The minimum absolute atomic E-state index is 0.670. The van der Waals surface area contributed by atoms with Crippen molar-refractivity contribution in [1.82, 2.24) is 19.1 Å². The maximum atomic E-state index is 5.24. The van der Waals surface area contributed by atoms with Gasteiger partial charge in [0.25, 0.3) is 0 Å². The Morgan fingerprint density at radius 2 is 0.868 bits per heavy atom. The first kappa shape index (κ1) is 29.9. The van der Waals surface area contributed by atoms with Gasteiger partial charge in [0, 0.05) is 47.9 Å². The van der Waals surface area contributed by atoms with E-state index < -0.39 is 0 Å². The molecule has 0 saturated heterocycles. The minimum Gasteiger partial charge on any atom is -0.309 e. The quantitative estimate of drug-likeness (QED) is 0.180. The molecule has 0 radical (unpaired) electrons. The molecule has 53 heavy (non-hydrogen) atoms. The summed E-state index contributed by atoms with van der Waals surface area (Å²) >= 11 is 1.84. The van der Waals surface area contributed by atoms with E-state index in [0.29, 0.717) is 5.95 Å². The third kappa shape index (κ3) is 4.75. The summed E-state index contributed by atoms with van der Waals surface area (Å²) in [6.45, 7) is 0. The van der Waals surface area contributed by atoms with Crippen molar-refractivity contribution in [2.75, 3.05) is 0 Å². The van der Waals surface area contributed by atoms with E-state index in [0.717, 1.165) is 33.2 Å². The van der Waals surface area contributed by atoms with Crippen molar-refractivity contribution >= 4 is 65.9 Å². The molecule has 5 heteroatoms. The summed E-state index contributed by atoms with van der Waals surface area (Å²) in [6, 6.07) is 64.8. The van der Waals surface area contributed by atoms with Crippen molar-refractivity contribution in [2.24, 2.45) is 0 Å². The predicted octanol–water partition coefficient (Wildman–Crippen LogP) is 12.9. The standard InChI is InChI=1S/C48H30N4S/c1-3-13-31(14-4-1)47-37-19-7-10-20-40(37)49-48(50-47)52-42-22-12-9-18-36(42)39-30-33(24-26-44(39)52)46-28-27-45(53-46)32-23-25-43-38(29-32)35-17-8-11-21-41(35)51(43)34-15-5-2-6-16-34/h1-30H. The zero-order chi connectivity index (χ0) is 34.9. The number of para-hydroxylation sites is 4. The first-order chi connectivity index (χ1) is 26.3. The van der Waals surface area contributed by atoms with Crippen LogP contribution in [-0.4, -0.2) is 19.1 Å². The van der Waals surface area contributed by atoms with Gasteiger partial charge < -0.3 is 4.57 Å². The molecule has 0 fully saturated rings. The molecule has 0 saturated carbocycles. The van der Waals surface area contributed by atoms with Crippen molar-refractivity contribution in [3.05, 3.63) is 182 Å². The Bertz CT molecular complexity index is 3170. The zero-order valence-electron chi connectivity index (χ0n) is 28.5. The molecule has 0 aliphatic heterocycles. The normalized spacial score (nSPS) is 11.8. The van der Waals surface area contributed by atoms with Gasteiger partial charge in [0.15, 0.2) is 0 Å². The van der Waals surface area contributed by atoms with Crippen LogP contribution in [0, 0.1) is 0 Å². The number of aromatic nitrogens is 4. The third-order valence-electron chi connectivity index (χ3n) is 10.4. The Balaban J connectivity index is 1.03. The van der Waals surface area contributed by atoms with E-state index in [9.17, 15) is 0 Å². The second-order valence-corrected chi connectivity index (χ2v) is 14.5. The largest absolute Gasteiger partial charge is 0.309 e. The maximum Gasteiger partial charge on any atom is 0.235 e. The molecule has 11 aromatic rings. The summed E-state index contributed by atoms with van der Waals surface area (Å²) in [5.74, 6) is 0.670. The number of hydrogen-bond acceptors (Lipinski definition) is 3. The Kier molecular flexibility index (Phi) is 6.69. The van der Waals surface area contributed by atoms with Gasteiger partial charge in [-0.1, -0.05) is 115 Å². The van der Waals surface area contributed by atoms with Crippen molar-refractivity contribution in [3.8, 4) is 43.8 Å². The average molecular weight is 695 g/mol. The first-order valence-corrected chi connectivity index (χ1v) is 18.7. The van der Waals surface area contributed by atoms with E-state index in [1.807, 2.05) is 23.5 Å². The van der Waals surface area contributed by atoms with Crippen LogP contribution in [0.3, 0.4) is 0 Å². The lowest BCUT2D eigenvalue weighted by atomic mass is 10.1. The van der Waals surface area contributed by atoms with Crippen LogP contribution in [0.2, 0.25) is 0 Å². The number of hydrogen-bond donors (Lipinski definition) is 0. The highest BCUT2D eigenvalue weighted by Crippen LogP contribution is 2.41. The van der Waals surface area contributed by atoms with Crippen LogP contribution in [0.25, 0.3) is 98.3 Å². The minimum atomic E-state index is 0.670. The van der Waals surface area contributed by atoms with E-state index in [4.69, 9.17) is 9.97 Å². The number of benzene rings is 7. The fraction of sp³-hybridized carbons (Fsp3) is 0. The van der Waals surface area contributed by atoms with E-state index in [1.165, 1.54) is 59.1 Å². The van der Waals surface area contributed by atoms with Crippen LogP contribution in [-0.2, 0) is 0 Å². The third-order valence-corrected chi connectivity index (χ3v) is 11.6. The fourth-order valence-electron chi connectivity index (χ4n) is 7.95. The maximum absolute atomic E-state index is 5.24. The lowest BCUT2D eigenvalue weighted by Crippen LogP contribution is -2.03. The molecule has 11 rings (SSSR count). The Morgan fingerprint density at radius 1 is 0.358 bits per heavy atom. The first-order valence-electron chi connectivity index (χ1n) is 17.8. The van der Waals surface area contributed by atoms with Crippen molar-refractivity contribution in [2.45, 2.75) is 0 Å². The van der Waals surface area contributed by atoms with Gasteiger partial charge in [0.2, 0.25) is 5.95 Å². The highest BCUT2D eigenvalue weighted by molar-refractivity contribution is 7.18. The summed E-state index contributed by atoms with van der Waals surface area (Å²) in [4.78, 5) is 12.9. The van der Waals surface area contributed by atoms with Gasteiger partial charge in [0.05, 0.1) is 33.3 Å². The van der Waals surface area contributed by atoms with Crippen molar-refractivity contribution in [3.63, 3.8) is 0 Å². The number of fused-ring (bicyclic) bond motifs is 7. The smallest absolute Gasteiger partial charge is 0.235 e. The number of nitrogens with zero attached hydrogens (tertiary/aromatic N) is 4. The number of rotatable bonds is 5. The van der Waals surface area contributed by atoms with Gasteiger partial charge in [-0.05, 0) is 77.9 Å². The van der Waals surface area contributed by atoms with Gasteiger partial charge in [-0.15, -0.1) is 11.3 Å². The molecule has 248 valence electrons. The molecular formula is C48H30N4S. The molecule has 4 nitrogen and oxygen atoms in total. The van der Waals surface area contributed by atoms with E-state index >= 15 is 0 Å². The molecule has 4 aromatic heterocycles. The van der Waals surface area contributed by atoms with E-state index in [1.54, 1.807) is 0 Å². The molecule has 0 aliphatic rings. The summed E-state index contributed by atoms with van der Waals surface area (Å²) < 4.78 is 4.58. The monoisotopic (exact) mass is 694 g/mol. The molecule has 0 N–H and O–H groups in total. The van der Waals surface area contributed by atoms with Gasteiger partial charge in [-0.2, -0.15) is 0 Å². The molecule has 0 amide bonds. The molecule has 0 spiro atoms. The van der Waals surface area contributed by atoms with Gasteiger partial charge in [-0.3, -0.25) is 4.57 Å². The molecule has 0 unspecified atom stereocenters. The lowest BCUT2D eigenvalue weighted by Gasteiger charge is -2.11. The lowest BCUT2D eigenvalue weighted by molar-refractivity contribution is 1.01.